The summed E-state index contributed by atoms with van der Waals surface area (Å²) in [5, 5.41) is 3.52. The zero-order valence-electron chi connectivity index (χ0n) is 13.7. The molecule has 0 aromatic heterocycles. The Bertz CT molecular complexity index is 315. The molecule has 116 valence electrons. The van der Waals surface area contributed by atoms with Gasteiger partial charge in [0.1, 0.15) is 0 Å². The van der Waals surface area contributed by atoms with Crippen molar-refractivity contribution >= 4 is 0 Å². The van der Waals surface area contributed by atoms with Crippen LogP contribution in [-0.2, 0) is 4.74 Å². The van der Waals surface area contributed by atoms with E-state index in [2.05, 4.69) is 32.2 Å². The topological polar surface area (TPSA) is 21.3 Å². The summed E-state index contributed by atoms with van der Waals surface area (Å²) >= 11 is 0. The van der Waals surface area contributed by atoms with Crippen molar-refractivity contribution in [3.63, 3.8) is 0 Å². The lowest BCUT2D eigenvalue weighted by Gasteiger charge is -2.38. The monoisotopic (exact) mass is 279 g/mol. The highest BCUT2D eigenvalue weighted by Gasteiger charge is 2.39. The van der Waals surface area contributed by atoms with Crippen LogP contribution in [0, 0.1) is 11.8 Å². The second kappa shape index (κ2) is 7.61. The molecule has 1 aliphatic heterocycles. The molecule has 0 aromatic rings. The number of hydrogen-bond acceptors (Lipinski definition) is 2. The highest BCUT2D eigenvalue weighted by molar-refractivity contribution is 5.08. The van der Waals surface area contributed by atoms with Gasteiger partial charge in [0, 0.05) is 6.61 Å². The maximum Gasteiger partial charge on any atom is 0.0688 e. The smallest absolute Gasteiger partial charge is 0.0688 e. The minimum Gasteiger partial charge on any atom is -0.375 e. The molecule has 1 aliphatic carbocycles. The fourth-order valence-corrected chi connectivity index (χ4v) is 3.74. The van der Waals surface area contributed by atoms with Crippen molar-refractivity contribution in [3.8, 4) is 0 Å². The fourth-order valence-electron chi connectivity index (χ4n) is 3.74. The highest BCUT2D eigenvalue weighted by atomic mass is 16.5. The Morgan fingerprint density at radius 1 is 1.35 bits per heavy atom. The summed E-state index contributed by atoms with van der Waals surface area (Å²) < 4.78 is 6.14. The molecule has 1 saturated heterocycles. The quantitative estimate of drug-likeness (QED) is 0.578. The lowest BCUT2D eigenvalue weighted by atomic mass is 9.81. The minimum atomic E-state index is 0.258. The van der Waals surface area contributed by atoms with Gasteiger partial charge in [-0.3, -0.25) is 0 Å². The molecule has 1 unspecified atom stereocenters. The molecule has 2 fully saturated rings. The largest absolute Gasteiger partial charge is 0.375 e. The van der Waals surface area contributed by atoms with E-state index in [9.17, 15) is 0 Å². The van der Waals surface area contributed by atoms with Crippen molar-refractivity contribution in [2.45, 2.75) is 71.3 Å². The first kappa shape index (κ1) is 16.0. The Balaban J connectivity index is 1.75. The number of hydrogen-bond donors (Lipinski definition) is 1. The van der Waals surface area contributed by atoms with Crippen molar-refractivity contribution in [3.05, 3.63) is 11.6 Å². The summed E-state index contributed by atoms with van der Waals surface area (Å²) in [6, 6.07) is 0. The van der Waals surface area contributed by atoms with Crippen LogP contribution in [0.3, 0.4) is 0 Å². The van der Waals surface area contributed by atoms with Crippen molar-refractivity contribution in [2.75, 3.05) is 19.7 Å². The van der Waals surface area contributed by atoms with E-state index in [1.165, 1.54) is 44.9 Å². The third-order valence-corrected chi connectivity index (χ3v) is 4.99. The Kier molecular flexibility index (Phi) is 6.10. The summed E-state index contributed by atoms with van der Waals surface area (Å²) in [7, 11) is 0. The lowest BCUT2D eigenvalue weighted by Crippen LogP contribution is -2.37. The molecular formula is C18H33NO. The van der Waals surface area contributed by atoms with E-state index < -0.39 is 0 Å². The van der Waals surface area contributed by atoms with Crippen LogP contribution in [0.5, 0.6) is 0 Å². The average Bonchev–Trinajstić information content (AvgIpc) is 2.86. The summed E-state index contributed by atoms with van der Waals surface area (Å²) in [5.41, 5.74) is 1.86. The first-order valence-electron chi connectivity index (χ1n) is 8.63. The average molecular weight is 279 g/mol. The van der Waals surface area contributed by atoms with Crippen LogP contribution in [0.2, 0.25) is 0 Å². The number of allylic oxidation sites excluding steroid dienone is 1. The molecule has 2 rings (SSSR count). The van der Waals surface area contributed by atoms with E-state index in [4.69, 9.17) is 4.74 Å². The number of nitrogens with one attached hydrogen (secondary N) is 1. The maximum atomic E-state index is 6.14. The van der Waals surface area contributed by atoms with Crippen LogP contribution < -0.4 is 5.32 Å². The van der Waals surface area contributed by atoms with Gasteiger partial charge in [-0.15, -0.1) is 0 Å². The molecule has 1 atom stereocenters. The molecule has 2 aliphatic rings. The van der Waals surface area contributed by atoms with Gasteiger partial charge in [-0.1, -0.05) is 38.3 Å². The molecular weight excluding hydrogens is 246 g/mol. The fraction of sp³-hybridized carbons (Fsp3) is 0.889. The third-order valence-electron chi connectivity index (χ3n) is 4.99. The molecule has 1 spiro atoms. The zero-order valence-corrected chi connectivity index (χ0v) is 13.7. The first-order valence-corrected chi connectivity index (χ1v) is 8.63. The van der Waals surface area contributed by atoms with Gasteiger partial charge in [0.2, 0.25) is 0 Å². The van der Waals surface area contributed by atoms with Gasteiger partial charge in [-0.25, -0.2) is 0 Å². The second-order valence-corrected chi connectivity index (χ2v) is 7.26. The van der Waals surface area contributed by atoms with E-state index in [0.29, 0.717) is 0 Å². The summed E-state index contributed by atoms with van der Waals surface area (Å²) in [6.45, 7) is 10.1. The SMILES string of the molecule is C/C(=C/CCNCC(C)C)C1CCOC2(CCCC2)C1. The van der Waals surface area contributed by atoms with E-state index in [1.54, 1.807) is 5.57 Å². The van der Waals surface area contributed by atoms with Crippen LogP contribution in [0.1, 0.15) is 65.7 Å². The Morgan fingerprint density at radius 3 is 2.80 bits per heavy atom. The van der Waals surface area contributed by atoms with Gasteiger partial charge >= 0.3 is 0 Å². The van der Waals surface area contributed by atoms with Crippen molar-refractivity contribution in [2.24, 2.45) is 11.8 Å². The molecule has 0 bridgehead atoms. The Hall–Kier alpha value is -0.340. The Labute approximate surface area is 125 Å². The molecule has 2 nitrogen and oxygen atoms in total. The predicted molar refractivity (Wildman–Crippen MR) is 86.0 cm³/mol. The van der Waals surface area contributed by atoms with Gasteiger partial charge in [0.15, 0.2) is 0 Å². The number of ether oxygens (including phenoxy) is 1. The van der Waals surface area contributed by atoms with Gasteiger partial charge in [-0.2, -0.15) is 0 Å². The van der Waals surface area contributed by atoms with Gasteiger partial charge < -0.3 is 10.1 Å². The molecule has 20 heavy (non-hydrogen) atoms. The highest BCUT2D eigenvalue weighted by Crippen LogP contribution is 2.43. The second-order valence-electron chi connectivity index (χ2n) is 7.26. The molecule has 0 aromatic carbocycles. The predicted octanol–water partition coefficient (Wildman–Crippen LogP) is 4.31. The van der Waals surface area contributed by atoms with Gasteiger partial charge in [0.25, 0.3) is 0 Å². The van der Waals surface area contributed by atoms with Crippen LogP contribution in [0.25, 0.3) is 0 Å². The van der Waals surface area contributed by atoms with Gasteiger partial charge in [0.05, 0.1) is 5.60 Å². The lowest BCUT2D eigenvalue weighted by molar-refractivity contribution is -0.0869. The molecule has 1 N–H and O–H groups in total. The molecule has 2 heteroatoms. The summed E-state index contributed by atoms with van der Waals surface area (Å²) in [4.78, 5) is 0. The van der Waals surface area contributed by atoms with Crippen LogP contribution >= 0.6 is 0 Å². The summed E-state index contributed by atoms with van der Waals surface area (Å²) in [5.74, 6) is 1.52. The normalized spacial score (nSPS) is 26.6. The van der Waals surface area contributed by atoms with Crippen molar-refractivity contribution in [1.29, 1.82) is 0 Å². The van der Waals surface area contributed by atoms with E-state index in [-0.39, 0.29) is 5.60 Å². The first-order chi connectivity index (χ1) is 9.61. The standard InChI is InChI=1S/C18H33NO/c1-15(2)14-19-11-6-7-16(3)17-8-12-20-18(13-17)9-4-5-10-18/h7,15,17,19H,4-6,8-14H2,1-3H3/b16-7-. The molecule has 0 radical (unpaired) electrons. The molecule has 1 saturated carbocycles. The van der Waals surface area contributed by atoms with Crippen molar-refractivity contribution < 1.29 is 4.74 Å². The third kappa shape index (κ3) is 4.60. The van der Waals surface area contributed by atoms with E-state index in [0.717, 1.165) is 31.5 Å². The van der Waals surface area contributed by atoms with Gasteiger partial charge in [-0.05, 0) is 64.0 Å². The van der Waals surface area contributed by atoms with E-state index >= 15 is 0 Å². The number of rotatable bonds is 6. The van der Waals surface area contributed by atoms with E-state index in [1.807, 2.05) is 0 Å². The maximum absolute atomic E-state index is 6.14. The molecule has 1 heterocycles. The summed E-state index contributed by atoms with van der Waals surface area (Å²) in [6.07, 6.45) is 11.5. The van der Waals surface area contributed by atoms with Crippen molar-refractivity contribution in [1.82, 2.24) is 5.32 Å². The molecule has 0 amide bonds. The van der Waals surface area contributed by atoms with Crippen LogP contribution in [0.4, 0.5) is 0 Å². The van der Waals surface area contributed by atoms with Crippen LogP contribution in [0.15, 0.2) is 11.6 Å². The zero-order chi connectivity index (χ0) is 14.4. The Morgan fingerprint density at radius 2 is 2.10 bits per heavy atom. The minimum absolute atomic E-state index is 0.258. The van der Waals surface area contributed by atoms with Crippen LogP contribution in [-0.4, -0.2) is 25.3 Å².